The molecule has 0 spiro atoms. The summed E-state index contributed by atoms with van der Waals surface area (Å²) in [6, 6.07) is 6.08. The number of nitro benzene ring substituents is 1. The first-order valence-electron chi connectivity index (χ1n) is 6.40. The fourth-order valence-corrected chi connectivity index (χ4v) is 2.90. The molecule has 0 radical (unpaired) electrons. The summed E-state index contributed by atoms with van der Waals surface area (Å²) in [4.78, 5) is 9.99. The van der Waals surface area contributed by atoms with Gasteiger partial charge in [-0.05, 0) is 18.4 Å². The Hall–Kier alpha value is -1.51. The van der Waals surface area contributed by atoms with Crippen molar-refractivity contribution < 1.29 is 13.3 Å². The van der Waals surface area contributed by atoms with Gasteiger partial charge in [0, 0.05) is 31.3 Å². The van der Waals surface area contributed by atoms with E-state index in [1.807, 2.05) is 0 Å². The van der Waals surface area contributed by atoms with E-state index < -0.39 is 14.9 Å². The summed E-state index contributed by atoms with van der Waals surface area (Å²) in [5, 5.41) is 13.7. The van der Waals surface area contributed by atoms with Crippen LogP contribution in [-0.2, 0) is 15.8 Å². The second kappa shape index (κ2) is 6.29. The summed E-state index contributed by atoms with van der Waals surface area (Å²) >= 11 is 0. The normalized spacial score (nSPS) is 15.2. The fraction of sp³-hybridized carbons (Fsp3) is 0.500. The predicted molar refractivity (Wildman–Crippen MR) is 74.7 cm³/mol. The van der Waals surface area contributed by atoms with Crippen molar-refractivity contribution in [2.24, 2.45) is 0 Å². The average molecular weight is 299 g/mol. The van der Waals surface area contributed by atoms with Crippen molar-refractivity contribution >= 4 is 15.7 Å². The Morgan fingerprint density at radius 1 is 1.20 bits per heavy atom. The molecule has 2 rings (SSSR count). The lowest BCUT2D eigenvalue weighted by atomic mass is 10.2. The molecule has 0 amide bonds. The molecule has 1 aliphatic rings. The summed E-state index contributed by atoms with van der Waals surface area (Å²) in [6.45, 7) is 0.968. The minimum absolute atomic E-state index is 0.0484. The van der Waals surface area contributed by atoms with Gasteiger partial charge in [0.05, 0.1) is 10.7 Å². The van der Waals surface area contributed by atoms with Gasteiger partial charge < -0.3 is 5.32 Å². The van der Waals surface area contributed by atoms with Gasteiger partial charge >= 0.3 is 0 Å². The number of nitrogens with one attached hydrogen (secondary N) is 2. The van der Waals surface area contributed by atoms with E-state index in [4.69, 9.17) is 0 Å². The molecule has 0 bridgehead atoms. The van der Waals surface area contributed by atoms with Crippen LogP contribution < -0.4 is 10.0 Å². The molecule has 0 atom stereocenters. The van der Waals surface area contributed by atoms with Crippen molar-refractivity contribution in [3.8, 4) is 0 Å². The van der Waals surface area contributed by atoms with Gasteiger partial charge in [0.2, 0.25) is 10.0 Å². The Labute approximate surface area is 117 Å². The van der Waals surface area contributed by atoms with Gasteiger partial charge in [-0.3, -0.25) is 10.1 Å². The van der Waals surface area contributed by atoms with Crippen LogP contribution in [0, 0.1) is 10.1 Å². The molecule has 0 aromatic heterocycles. The zero-order valence-electron chi connectivity index (χ0n) is 10.9. The zero-order chi connectivity index (χ0) is 14.6. The Balaban J connectivity index is 1.81. The minimum atomic E-state index is -3.41. The Morgan fingerprint density at radius 2 is 1.85 bits per heavy atom. The van der Waals surface area contributed by atoms with Crippen molar-refractivity contribution in [1.29, 1.82) is 0 Å². The van der Waals surface area contributed by atoms with E-state index in [1.54, 1.807) is 0 Å². The van der Waals surface area contributed by atoms with Crippen LogP contribution >= 0.6 is 0 Å². The van der Waals surface area contributed by atoms with Gasteiger partial charge in [0.15, 0.2) is 0 Å². The van der Waals surface area contributed by atoms with Crippen LogP contribution in [0.25, 0.3) is 0 Å². The summed E-state index contributed by atoms with van der Waals surface area (Å²) in [6.07, 6.45) is 2.32. The number of non-ortho nitro benzene ring substituents is 1. The summed E-state index contributed by atoms with van der Waals surface area (Å²) in [5.74, 6) is -0.172. The van der Waals surface area contributed by atoms with Crippen LogP contribution in [0.2, 0.25) is 0 Å². The molecular weight excluding hydrogens is 282 g/mol. The molecule has 1 aliphatic carbocycles. The Morgan fingerprint density at radius 3 is 2.40 bits per heavy atom. The molecule has 1 aromatic carbocycles. The molecule has 0 saturated heterocycles. The van der Waals surface area contributed by atoms with Crippen LogP contribution in [0.3, 0.4) is 0 Å². The monoisotopic (exact) mass is 299 g/mol. The van der Waals surface area contributed by atoms with Gasteiger partial charge in [0.1, 0.15) is 0 Å². The predicted octanol–water partition coefficient (Wildman–Crippen LogP) is 0.766. The molecule has 1 aromatic rings. The third-order valence-electron chi connectivity index (χ3n) is 2.96. The standard InChI is InChI=1S/C12H17N3O4S/c16-15(17)12-5-1-10(2-6-12)9-20(18,19)14-8-7-13-11-3-4-11/h1-2,5-6,11,13-14H,3-4,7-9H2. The van der Waals surface area contributed by atoms with E-state index >= 15 is 0 Å². The van der Waals surface area contributed by atoms with Gasteiger partial charge in [0.25, 0.3) is 5.69 Å². The molecule has 20 heavy (non-hydrogen) atoms. The van der Waals surface area contributed by atoms with Crippen LogP contribution in [0.15, 0.2) is 24.3 Å². The summed E-state index contributed by atoms with van der Waals surface area (Å²) < 4.78 is 26.1. The van der Waals surface area contributed by atoms with Gasteiger partial charge in [-0.2, -0.15) is 0 Å². The number of hydrogen-bond acceptors (Lipinski definition) is 5. The van der Waals surface area contributed by atoms with Crippen molar-refractivity contribution in [3.63, 3.8) is 0 Å². The lowest BCUT2D eigenvalue weighted by molar-refractivity contribution is -0.384. The molecule has 110 valence electrons. The van der Waals surface area contributed by atoms with Crippen molar-refractivity contribution in [1.82, 2.24) is 10.0 Å². The highest BCUT2D eigenvalue weighted by molar-refractivity contribution is 7.88. The van der Waals surface area contributed by atoms with E-state index in [0.717, 1.165) is 12.8 Å². The van der Waals surface area contributed by atoms with E-state index in [9.17, 15) is 18.5 Å². The molecular formula is C12H17N3O4S. The van der Waals surface area contributed by atoms with Crippen LogP contribution in [0.1, 0.15) is 18.4 Å². The molecule has 0 aliphatic heterocycles. The summed E-state index contributed by atoms with van der Waals surface area (Å²) in [5.41, 5.74) is 0.478. The zero-order valence-corrected chi connectivity index (χ0v) is 11.7. The number of rotatable bonds is 8. The second-order valence-electron chi connectivity index (χ2n) is 4.81. The summed E-state index contributed by atoms with van der Waals surface area (Å²) in [7, 11) is -3.41. The number of hydrogen-bond donors (Lipinski definition) is 2. The number of sulfonamides is 1. The lowest BCUT2D eigenvalue weighted by Crippen LogP contribution is -2.33. The first-order chi connectivity index (χ1) is 9.46. The quantitative estimate of drug-likeness (QED) is 0.419. The van der Waals surface area contributed by atoms with E-state index in [0.29, 0.717) is 24.7 Å². The van der Waals surface area contributed by atoms with Crippen molar-refractivity contribution in [3.05, 3.63) is 39.9 Å². The molecule has 0 unspecified atom stereocenters. The second-order valence-corrected chi connectivity index (χ2v) is 6.61. The van der Waals surface area contributed by atoms with Gasteiger partial charge in [-0.1, -0.05) is 12.1 Å². The van der Waals surface area contributed by atoms with E-state index in [-0.39, 0.29) is 11.4 Å². The fourth-order valence-electron chi connectivity index (χ4n) is 1.75. The van der Waals surface area contributed by atoms with Gasteiger partial charge in [-0.25, -0.2) is 13.1 Å². The topological polar surface area (TPSA) is 101 Å². The molecule has 0 heterocycles. The first kappa shape index (κ1) is 14.9. The SMILES string of the molecule is O=[N+]([O-])c1ccc(CS(=O)(=O)NCCNC2CC2)cc1. The minimum Gasteiger partial charge on any atom is -0.313 e. The van der Waals surface area contributed by atoms with E-state index in [1.165, 1.54) is 24.3 Å². The largest absolute Gasteiger partial charge is 0.313 e. The lowest BCUT2D eigenvalue weighted by Gasteiger charge is -2.07. The first-order valence-corrected chi connectivity index (χ1v) is 8.05. The maximum Gasteiger partial charge on any atom is 0.269 e. The van der Waals surface area contributed by atoms with Crippen LogP contribution in [0.5, 0.6) is 0 Å². The van der Waals surface area contributed by atoms with Crippen LogP contribution in [0.4, 0.5) is 5.69 Å². The van der Waals surface area contributed by atoms with Gasteiger partial charge in [-0.15, -0.1) is 0 Å². The molecule has 1 fully saturated rings. The van der Waals surface area contributed by atoms with Crippen LogP contribution in [-0.4, -0.2) is 32.5 Å². The highest BCUT2D eigenvalue weighted by Gasteiger charge is 2.20. The Kier molecular flexibility index (Phi) is 4.69. The third-order valence-corrected chi connectivity index (χ3v) is 4.32. The number of nitro groups is 1. The average Bonchev–Trinajstić information content (AvgIpc) is 3.19. The highest BCUT2D eigenvalue weighted by atomic mass is 32.2. The van der Waals surface area contributed by atoms with Crippen molar-refractivity contribution in [2.45, 2.75) is 24.6 Å². The molecule has 7 nitrogen and oxygen atoms in total. The molecule has 2 N–H and O–H groups in total. The molecule has 1 saturated carbocycles. The van der Waals surface area contributed by atoms with Crippen molar-refractivity contribution in [2.75, 3.05) is 13.1 Å². The number of nitrogens with zero attached hydrogens (tertiary/aromatic N) is 1. The number of benzene rings is 1. The highest BCUT2D eigenvalue weighted by Crippen LogP contribution is 2.18. The maximum absolute atomic E-state index is 11.8. The molecule has 8 heteroatoms. The maximum atomic E-state index is 11.8. The van der Waals surface area contributed by atoms with E-state index in [2.05, 4.69) is 10.0 Å². The Bertz CT molecular complexity index is 567. The third kappa shape index (κ3) is 4.87. The smallest absolute Gasteiger partial charge is 0.269 e.